The summed E-state index contributed by atoms with van der Waals surface area (Å²) in [4.78, 5) is 34.4. The Morgan fingerprint density at radius 3 is 2.55 bits per heavy atom. The van der Waals surface area contributed by atoms with E-state index in [2.05, 4.69) is 5.43 Å². The third kappa shape index (κ3) is 3.16. The third-order valence-corrected chi connectivity index (χ3v) is 2.68. The fourth-order valence-corrected chi connectivity index (χ4v) is 1.68. The Kier molecular flexibility index (Phi) is 4.04. The predicted molar refractivity (Wildman–Crippen MR) is 66.6 cm³/mol. The Balaban J connectivity index is 1.81. The summed E-state index contributed by atoms with van der Waals surface area (Å²) in [5.74, 6) is 0. The second-order valence-electron chi connectivity index (χ2n) is 4.04. The van der Waals surface area contributed by atoms with Crippen LogP contribution in [0.1, 0.15) is 5.56 Å². The lowest BCUT2D eigenvalue weighted by Crippen LogP contribution is -2.45. The Labute approximate surface area is 114 Å². The van der Waals surface area contributed by atoms with Crippen LogP contribution in [0.15, 0.2) is 30.3 Å². The monoisotopic (exact) mass is 279 g/mol. The summed E-state index contributed by atoms with van der Waals surface area (Å²) in [5.41, 5.74) is 3.01. The van der Waals surface area contributed by atoms with E-state index in [9.17, 15) is 14.4 Å². The van der Waals surface area contributed by atoms with Gasteiger partial charge in [0.25, 0.3) is 0 Å². The molecule has 1 aliphatic heterocycles. The van der Waals surface area contributed by atoms with Gasteiger partial charge in [-0.05, 0) is 5.56 Å². The van der Waals surface area contributed by atoms with Gasteiger partial charge in [-0.3, -0.25) is 0 Å². The number of imide groups is 1. The van der Waals surface area contributed by atoms with E-state index >= 15 is 0 Å². The molecule has 0 aliphatic carbocycles. The Morgan fingerprint density at radius 1 is 1.25 bits per heavy atom. The highest BCUT2D eigenvalue weighted by Gasteiger charge is 2.34. The van der Waals surface area contributed by atoms with Gasteiger partial charge in [-0.1, -0.05) is 30.3 Å². The van der Waals surface area contributed by atoms with Crippen molar-refractivity contribution in [3.8, 4) is 0 Å². The van der Waals surface area contributed by atoms with E-state index in [4.69, 9.17) is 9.84 Å². The molecule has 1 aromatic carbocycles. The number of urea groups is 1. The first kappa shape index (κ1) is 13.7. The molecular formula is C12H13N3O5. The number of amides is 4. The normalized spacial score (nSPS) is 14.3. The molecule has 0 atom stereocenters. The second-order valence-corrected chi connectivity index (χ2v) is 4.04. The summed E-state index contributed by atoms with van der Waals surface area (Å²) in [5, 5.41) is 9.63. The van der Waals surface area contributed by atoms with Crippen molar-refractivity contribution in [2.75, 3.05) is 13.1 Å². The number of hydrogen-bond acceptors (Lipinski definition) is 4. The van der Waals surface area contributed by atoms with Crippen LogP contribution in [-0.4, -0.2) is 46.3 Å². The lowest BCUT2D eigenvalue weighted by atomic mass is 10.2. The highest BCUT2D eigenvalue weighted by molar-refractivity contribution is 5.92. The first-order chi connectivity index (χ1) is 9.58. The molecule has 106 valence electrons. The van der Waals surface area contributed by atoms with Crippen LogP contribution in [0.3, 0.4) is 0 Å². The minimum atomic E-state index is -1.35. The molecule has 2 rings (SSSR count). The maximum Gasteiger partial charge on any atom is 0.426 e. The molecule has 0 saturated carbocycles. The highest BCUT2D eigenvalue weighted by Crippen LogP contribution is 2.07. The number of carbonyl (C=O) groups excluding carboxylic acids is 2. The van der Waals surface area contributed by atoms with Crippen molar-refractivity contribution in [3.05, 3.63) is 35.9 Å². The number of nitrogens with zero attached hydrogens (tertiary/aromatic N) is 2. The van der Waals surface area contributed by atoms with E-state index in [1.807, 2.05) is 18.2 Å². The van der Waals surface area contributed by atoms with Crippen molar-refractivity contribution in [2.45, 2.75) is 6.61 Å². The topological polar surface area (TPSA) is 99.2 Å². The van der Waals surface area contributed by atoms with Crippen molar-refractivity contribution in [1.82, 2.24) is 15.3 Å². The molecule has 0 aromatic heterocycles. The summed E-state index contributed by atoms with van der Waals surface area (Å²) in [6, 6.07) is 8.25. The number of benzene rings is 1. The lowest BCUT2D eigenvalue weighted by Gasteiger charge is -2.16. The molecule has 4 amide bonds. The van der Waals surface area contributed by atoms with Crippen LogP contribution < -0.4 is 5.43 Å². The van der Waals surface area contributed by atoms with Crippen LogP contribution in [0.4, 0.5) is 14.4 Å². The predicted octanol–water partition coefficient (Wildman–Crippen LogP) is 1.24. The second kappa shape index (κ2) is 5.91. The van der Waals surface area contributed by atoms with E-state index in [0.29, 0.717) is 4.90 Å². The van der Waals surface area contributed by atoms with Gasteiger partial charge in [-0.15, -0.1) is 0 Å². The third-order valence-electron chi connectivity index (χ3n) is 2.68. The molecule has 0 radical (unpaired) electrons. The molecule has 8 nitrogen and oxygen atoms in total. The van der Waals surface area contributed by atoms with Crippen LogP contribution in [0.5, 0.6) is 0 Å². The van der Waals surface area contributed by atoms with E-state index in [1.54, 1.807) is 12.1 Å². The average Bonchev–Trinajstić information content (AvgIpc) is 2.79. The fourth-order valence-electron chi connectivity index (χ4n) is 1.68. The van der Waals surface area contributed by atoms with Gasteiger partial charge in [0.05, 0.1) is 13.1 Å². The minimum Gasteiger partial charge on any atom is -0.465 e. The van der Waals surface area contributed by atoms with Gasteiger partial charge in [0, 0.05) is 0 Å². The Bertz CT molecular complexity index is 519. The van der Waals surface area contributed by atoms with Gasteiger partial charge in [0.1, 0.15) is 6.61 Å². The average molecular weight is 279 g/mol. The Hall–Kier alpha value is -2.77. The van der Waals surface area contributed by atoms with Crippen LogP contribution in [0.25, 0.3) is 0 Å². The fraction of sp³-hybridized carbons (Fsp3) is 0.250. The SMILES string of the molecule is O=C(NN1CCN(C(=O)O)C1=O)OCc1ccccc1. The molecule has 1 heterocycles. The van der Waals surface area contributed by atoms with Crippen molar-refractivity contribution >= 4 is 18.2 Å². The standard InChI is InChI=1S/C12H13N3O5/c16-10(20-8-9-4-2-1-3-5-9)13-15-7-6-14(11(15)17)12(18)19/h1-5H,6-8H2,(H,13,16)(H,18,19). The van der Waals surface area contributed by atoms with Gasteiger partial charge in [-0.2, -0.15) is 0 Å². The van der Waals surface area contributed by atoms with Gasteiger partial charge in [0.15, 0.2) is 0 Å². The van der Waals surface area contributed by atoms with Crippen LogP contribution in [0.2, 0.25) is 0 Å². The molecule has 0 unspecified atom stereocenters. The quantitative estimate of drug-likeness (QED) is 0.867. The molecule has 8 heteroatoms. The van der Waals surface area contributed by atoms with Crippen molar-refractivity contribution in [1.29, 1.82) is 0 Å². The van der Waals surface area contributed by atoms with E-state index in [1.165, 1.54) is 0 Å². The van der Waals surface area contributed by atoms with Crippen molar-refractivity contribution in [2.24, 2.45) is 0 Å². The smallest absolute Gasteiger partial charge is 0.426 e. The number of carbonyl (C=O) groups is 3. The van der Waals surface area contributed by atoms with Crippen molar-refractivity contribution in [3.63, 3.8) is 0 Å². The summed E-state index contributed by atoms with van der Waals surface area (Å²) >= 11 is 0. The summed E-state index contributed by atoms with van der Waals surface area (Å²) < 4.78 is 4.92. The maximum absolute atomic E-state index is 11.6. The molecule has 1 aliphatic rings. The molecule has 2 N–H and O–H groups in total. The van der Waals surface area contributed by atoms with Gasteiger partial charge < -0.3 is 9.84 Å². The molecule has 0 bridgehead atoms. The van der Waals surface area contributed by atoms with Crippen LogP contribution in [-0.2, 0) is 11.3 Å². The number of nitrogens with one attached hydrogen (secondary N) is 1. The summed E-state index contributed by atoms with van der Waals surface area (Å²) in [6.07, 6.45) is -2.16. The largest absolute Gasteiger partial charge is 0.465 e. The number of hydrogen-bond donors (Lipinski definition) is 2. The molecule has 1 aromatic rings. The zero-order valence-electron chi connectivity index (χ0n) is 10.5. The van der Waals surface area contributed by atoms with Gasteiger partial charge in [0.2, 0.25) is 0 Å². The molecule has 20 heavy (non-hydrogen) atoms. The van der Waals surface area contributed by atoms with E-state index < -0.39 is 18.2 Å². The summed E-state index contributed by atoms with van der Waals surface area (Å²) in [7, 11) is 0. The molecular weight excluding hydrogens is 266 g/mol. The molecule has 0 spiro atoms. The number of rotatable bonds is 3. The van der Waals surface area contributed by atoms with Gasteiger partial charge in [-0.25, -0.2) is 29.7 Å². The van der Waals surface area contributed by atoms with Crippen molar-refractivity contribution < 1.29 is 24.2 Å². The molecule has 1 fully saturated rings. The number of hydrazine groups is 1. The Morgan fingerprint density at radius 2 is 1.95 bits per heavy atom. The van der Waals surface area contributed by atoms with Crippen LogP contribution in [0, 0.1) is 0 Å². The van der Waals surface area contributed by atoms with Gasteiger partial charge >= 0.3 is 18.2 Å². The molecule has 1 saturated heterocycles. The van der Waals surface area contributed by atoms with E-state index in [-0.39, 0.29) is 19.7 Å². The maximum atomic E-state index is 11.6. The number of carboxylic acid groups (broad SMARTS) is 1. The number of ether oxygens (including phenoxy) is 1. The lowest BCUT2D eigenvalue weighted by molar-refractivity contribution is 0.110. The zero-order valence-corrected chi connectivity index (χ0v) is 10.5. The minimum absolute atomic E-state index is 0.00708. The summed E-state index contributed by atoms with van der Waals surface area (Å²) in [6.45, 7) is 0.163. The zero-order chi connectivity index (χ0) is 14.5. The first-order valence-corrected chi connectivity index (χ1v) is 5.87. The van der Waals surface area contributed by atoms with E-state index in [0.717, 1.165) is 10.6 Å². The highest BCUT2D eigenvalue weighted by atomic mass is 16.6. The van der Waals surface area contributed by atoms with Crippen LogP contribution >= 0.6 is 0 Å². The first-order valence-electron chi connectivity index (χ1n) is 5.87.